The molecule has 0 saturated heterocycles. The lowest BCUT2D eigenvalue weighted by molar-refractivity contribution is -0.115. The molecule has 0 saturated carbocycles. The first kappa shape index (κ1) is 14.3. The predicted molar refractivity (Wildman–Crippen MR) is 79.8 cm³/mol. The van der Waals surface area contributed by atoms with Crippen LogP contribution in [0.4, 0.5) is 5.13 Å². The number of nitrogens with zero attached hydrogens (tertiary/aromatic N) is 2. The fourth-order valence-corrected chi connectivity index (χ4v) is 3.22. The van der Waals surface area contributed by atoms with E-state index in [1.54, 1.807) is 18.7 Å². The molecule has 19 heavy (non-hydrogen) atoms. The van der Waals surface area contributed by atoms with Crippen molar-refractivity contribution in [1.29, 1.82) is 0 Å². The van der Waals surface area contributed by atoms with Crippen LogP contribution < -0.4 is 5.32 Å². The average molecular weight is 314 g/mol. The van der Waals surface area contributed by atoms with Gasteiger partial charge in [-0.05, 0) is 17.7 Å². The lowest BCUT2D eigenvalue weighted by atomic mass is 10.2. The Hall–Kier alpha value is -1.11. The number of carbonyl (C=O) groups is 1. The summed E-state index contributed by atoms with van der Waals surface area (Å²) < 4.78 is 0.825. The lowest BCUT2D eigenvalue weighted by Gasteiger charge is -1.98. The van der Waals surface area contributed by atoms with Gasteiger partial charge in [0.1, 0.15) is 0 Å². The van der Waals surface area contributed by atoms with Crippen molar-refractivity contribution < 1.29 is 4.79 Å². The highest BCUT2D eigenvalue weighted by Crippen LogP contribution is 2.28. The van der Waals surface area contributed by atoms with Crippen molar-refractivity contribution in [3.8, 4) is 0 Å². The zero-order chi connectivity index (χ0) is 13.7. The number of nitrogens with one attached hydrogen (secondary N) is 1. The number of amides is 1. The van der Waals surface area contributed by atoms with Crippen LogP contribution in [-0.4, -0.2) is 16.1 Å². The first-order valence-electron chi connectivity index (χ1n) is 5.68. The van der Waals surface area contributed by atoms with Gasteiger partial charge in [-0.2, -0.15) is 0 Å². The van der Waals surface area contributed by atoms with E-state index in [-0.39, 0.29) is 5.91 Å². The van der Waals surface area contributed by atoms with Gasteiger partial charge in [0.2, 0.25) is 11.0 Å². The highest BCUT2D eigenvalue weighted by molar-refractivity contribution is 8.00. The topological polar surface area (TPSA) is 54.9 Å². The Morgan fingerprint density at radius 1 is 1.47 bits per heavy atom. The standard InChI is InChI=1S/C12H12ClN3OS2/c1-2-10(17)14-11-15-16-12(19-11)18-7-8-4-3-5-9(13)6-8/h3-6H,2,7H2,1H3,(H,14,15,17). The molecule has 0 radical (unpaired) electrons. The van der Waals surface area contributed by atoms with E-state index in [9.17, 15) is 4.79 Å². The Balaban J connectivity index is 1.91. The Bertz CT molecular complexity index is 574. The number of halogens is 1. The third kappa shape index (κ3) is 4.49. The van der Waals surface area contributed by atoms with Gasteiger partial charge in [-0.1, -0.05) is 53.8 Å². The fraction of sp³-hybridized carbons (Fsp3) is 0.250. The van der Waals surface area contributed by atoms with E-state index >= 15 is 0 Å². The third-order valence-electron chi connectivity index (χ3n) is 2.23. The first-order valence-corrected chi connectivity index (χ1v) is 7.86. The second-order valence-corrected chi connectivity index (χ2v) is 6.33. The molecule has 0 atom stereocenters. The van der Waals surface area contributed by atoms with Crippen molar-refractivity contribution in [3.05, 3.63) is 34.9 Å². The van der Waals surface area contributed by atoms with Crippen LogP contribution in [0.5, 0.6) is 0 Å². The van der Waals surface area contributed by atoms with Crippen LogP contribution in [0, 0.1) is 0 Å². The Labute approximate surface area is 124 Å². The minimum Gasteiger partial charge on any atom is -0.301 e. The molecule has 2 rings (SSSR count). The first-order chi connectivity index (χ1) is 9.17. The molecule has 1 aromatic heterocycles. The van der Waals surface area contributed by atoms with Crippen LogP contribution in [0.3, 0.4) is 0 Å². The van der Waals surface area contributed by atoms with Gasteiger partial charge < -0.3 is 5.32 Å². The molecule has 0 unspecified atom stereocenters. The molecular weight excluding hydrogens is 302 g/mol. The van der Waals surface area contributed by atoms with E-state index in [4.69, 9.17) is 11.6 Å². The van der Waals surface area contributed by atoms with Gasteiger partial charge in [0.15, 0.2) is 4.34 Å². The molecule has 1 N–H and O–H groups in total. The highest BCUT2D eigenvalue weighted by atomic mass is 35.5. The summed E-state index contributed by atoms with van der Waals surface area (Å²) in [6.07, 6.45) is 0.435. The number of benzene rings is 1. The van der Waals surface area contributed by atoms with E-state index in [0.717, 1.165) is 20.7 Å². The molecule has 0 spiro atoms. The van der Waals surface area contributed by atoms with Crippen LogP contribution >= 0.6 is 34.7 Å². The van der Waals surface area contributed by atoms with Crippen LogP contribution in [0.1, 0.15) is 18.9 Å². The fourth-order valence-electron chi connectivity index (χ4n) is 1.30. The second-order valence-electron chi connectivity index (χ2n) is 3.69. The second kappa shape index (κ2) is 6.88. The number of anilines is 1. The highest BCUT2D eigenvalue weighted by Gasteiger charge is 2.07. The maximum atomic E-state index is 11.2. The summed E-state index contributed by atoms with van der Waals surface area (Å²) in [4.78, 5) is 11.2. The molecule has 0 aliphatic heterocycles. The number of hydrogen-bond acceptors (Lipinski definition) is 5. The lowest BCUT2D eigenvalue weighted by Crippen LogP contribution is -2.08. The average Bonchev–Trinajstić information content (AvgIpc) is 2.84. The van der Waals surface area contributed by atoms with Gasteiger partial charge in [-0.25, -0.2) is 0 Å². The quantitative estimate of drug-likeness (QED) is 0.673. The zero-order valence-corrected chi connectivity index (χ0v) is 12.6. The van der Waals surface area contributed by atoms with Crippen molar-refractivity contribution >= 4 is 45.7 Å². The minimum atomic E-state index is -0.0532. The molecule has 0 aliphatic carbocycles. The number of carbonyl (C=O) groups excluding carboxylic acids is 1. The van der Waals surface area contributed by atoms with Crippen molar-refractivity contribution in [2.24, 2.45) is 0 Å². The van der Waals surface area contributed by atoms with Crippen molar-refractivity contribution in [3.63, 3.8) is 0 Å². The molecule has 4 nitrogen and oxygen atoms in total. The molecule has 0 aliphatic rings. The summed E-state index contributed by atoms with van der Waals surface area (Å²) in [7, 11) is 0. The van der Waals surface area contributed by atoms with Crippen molar-refractivity contribution in [2.75, 3.05) is 5.32 Å². The summed E-state index contributed by atoms with van der Waals surface area (Å²) in [6, 6.07) is 7.71. The van der Waals surface area contributed by atoms with E-state index in [1.807, 2.05) is 24.3 Å². The monoisotopic (exact) mass is 313 g/mol. The smallest absolute Gasteiger partial charge is 0.225 e. The molecule has 1 heterocycles. The SMILES string of the molecule is CCC(=O)Nc1nnc(SCc2cccc(Cl)c2)s1. The van der Waals surface area contributed by atoms with E-state index in [1.165, 1.54) is 11.3 Å². The number of aromatic nitrogens is 2. The van der Waals surface area contributed by atoms with Gasteiger partial charge in [0.25, 0.3) is 0 Å². The molecule has 2 aromatic rings. The van der Waals surface area contributed by atoms with E-state index < -0.39 is 0 Å². The third-order valence-corrected chi connectivity index (χ3v) is 4.50. The normalized spacial score (nSPS) is 10.4. The Morgan fingerprint density at radius 3 is 3.05 bits per heavy atom. The van der Waals surface area contributed by atoms with Gasteiger partial charge in [-0.15, -0.1) is 10.2 Å². The van der Waals surface area contributed by atoms with Gasteiger partial charge in [0.05, 0.1) is 0 Å². The maximum absolute atomic E-state index is 11.2. The van der Waals surface area contributed by atoms with Crippen molar-refractivity contribution in [1.82, 2.24) is 10.2 Å². The number of rotatable bonds is 5. The number of hydrogen-bond donors (Lipinski definition) is 1. The summed E-state index contributed by atoms with van der Waals surface area (Å²) in [6.45, 7) is 1.80. The summed E-state index contributed by atoms with van der Waals surface area (Å²) >= 11 is 8.87. The summed E-state index contributed by atoms with van der Waals surface area (Å²) in [5.41, 5.74) is 1.13. The Kier molecular flexibility index (Phi) is 5.18. The van der Waals surface area contributed by atoms with Gasteiger partial charge >= 0.3 is 0 Å². The predicted octanol–water partition coefficient (Wildman–Crippen LogP) is 3.83. The minimum absolute atomic E-state index is 0.0532. The van der Waals surface area contributed by atoms with Crippen LogP contribution in [0.25, 0.3) is 0 Å². The zero-order valence-electron chi connectivity index (χ0n) is 10.2. The summed E-state index contributed by atoms with van der Waals surface area (Å²) in [5.74, 6) is 0.722. The summed E-state index contributed by atoms with van der Waals surface area (Å²) in [5, 5.41) is 11.9. The van der Waals surface area contributed by atoms with E-state index in [0.29, 0.717) is 11.6 Å². The molecule has 7 heteroatoms. The van der Waals surface area contributed by atoms with E-state index in [2.05, 4.69) is 15.5 Å². The van der Waals surface area contributed by atoms with Crippen LogP contribution in [0.2, 0.25) is 5.02 Å². The Morgan fingerprint density at radius 2 is 2.32 bits per heavy atom. The molecule has 0 fully saturated rings. The molecule has 100 valence electrons. The number of thioether (sulfide) groups is 1. The molecule has 1 amide bonds. The van der Waals surface area contributed by atoms with Crippen LogP contribution in [0.15, 0.2) is 28.6 Å². The maximum Gasteiger partial charge on any atom is 0.225 e. The largest absolute Gasteiger partial charge is 0.301 e. The van der Waals surface area contributed by atoms with Crippen molar-refractivity contribution in [2.45, 2.75) is 23.4 Å². The van der Waals surface area contributed by atoms with Gasteiger partial charge in [-0.3, -0.25) is 4.79 Å². The molecule has 0 bridgehead atoms. The molecular formula is C12H12ClN3OS2. The van der Waals surface area contributed by atoms with Gasteiger partial charge in [0, 0.05) is 17.2 Å². The molecule has 1 aromatic carbocycles. The van der Waals surface area contributed by atoms with Crippen LogP contribution in [-0.2, 0) is 10.5 Å².